The normalized spacial score (nSPS) is 19.8. The molecule has 0 spiro atoms. The number of Topliss-reactive ketones (excluding diaryl/α,β-unsaturated/α-hetero) is 1. The topological polar surface area (TPSA) is 272 Å². The number of para-hydroxylation sites is 1. The van der Waals surface area contributed by atoms with Crippen molar-refractivity contribution < 1.29 is 53.0 Å². The van der Waals surface area contributed by atoms with Crippen LogP contribution in [-0.4, -0.2) is 99.9 Å². The number of hydrogen-bond donors (Lipinski definition) is 7. The third kappa shape index (κ3) is 11.8. The van der Waals surface area contributed by atoms with Gasteiger partial charge in [-0.3, -0.25) is 38.4 Å². The van der Waals surface area contributed by atoms with Gasteiger partial charge in [0.2, 0.25) is 29.4 Å². The molecule has 71 heavy (non-hydrogen) atoms. The maximum absolute atomic E-state index is 15.3. The molecule has 2 aliphatic carbocycles. The molecule has 1 heterocycles. The summed E-state index contributed by atoms with van der Waals surface area (Å²) >= 11 is 0. The van der Waals surface area contributed by atoms with Crippen LogP contribution in [0.3, 0.4) is 0 Å². The van der Waals surface area contributed by atoms with Crippen molar-refractivity contribution in [3.63, 3.8) is 0 Å². The zero-order valence-electron chi connectivity index (χ0n) is 39.6. The summed E-state index contributed by atoms with van der Waals surface area (Å²) < 4.78 is 5.88. The van der Waals surface area contributed by atoms with Crippen LogP contribution < -0.4 is 37.1 Å². The third-order valence-corrected chi connectivity index (χ3v) is 13.8. The number of rotatable bonds is 21. The molecule has 7 rings (SSSR count). The second kappa shape index (κ2) is 22.7. The lowest BCUT2D eigenvalue weighted by atomic mass is 9.83. The molecule has 0 radical (unpaired) electrons. The molecular weight excluding hydrogens is 911 g/mol. The first-order valence-corrected chi connectivity index (χ1v) is 24.0. The first-order chi connectivity index (χ1) is 34.1. The van der Waals surface area contributed by atoms with Gasteiger partial charge >= 0.3 is 5.97 Å². The lowest BCUT2D eigenvalue weighted by Gasteiger charge is -2.37. The van der Waals surface area contributed by atoms with Gasteiger partial charge in [0.25, 0.3) is 17.7 Å². The molecule has 2 saturated carbocycles. The Morgan fingerprint density at radius 1 is 0.746 bits per heavy atom. The highest BCUT2D eigenvalue weighted by atomic mass is 16.5. The average Bonchev–Trinajstić information content (AvgIpc) is 4.03. The molecule has 18 heteroatoms. The van der Waals surface area contributed by atoms with Gasteiger partial charge in [0.1, 0.15) is 29.1 Å². The van der Waals surface area contributed by atoms with Crippen LogP contribution in [-0.2, 0) is 28.8 Å². The van der Waals surface area contributed by atoms with E-state index >= 15 is 4.79 Å². The van der Waals surface area contributed by atoms with Crippen molar-refractivity contribution in [2.75, 3.05) is 13.1 Å². The number of carboxylic acids is 1. The summed E-state index contributed by atoms with van der Waals surface area (Å²) in [5.41, 5.74) is 4.33. The minimum absolute atomic E-state index is 0.0193. The Bertz CT molecular complexity index is 2640. The van der Waals surface area contributed by atoms with Gasteiger partial charge in [-0.15, -0.1) is 0 Å². The number of benzene rings is 4. The number of primary amides is 1. The second-order valence-electron chi connectivity index (χ2n) is 18.4. The number of nitrogens with one attached hydrogen (secondary N) is 5. The van der Waals surface area contributed by atoms with Crippen molar-refractivity contribution in [2.45, 2.75) is 94.9 Å². The van der Waals surface area contributed by atoms with E-state index in [1.54, 1.807) is 80.6 Å². The van der Waals surface area contributed by atoms with Gasteiger partial charge in [0, 0.05) is 30.0 Å². The fourth-order valence-corrected chi connectivity index (χ4v) is 9.99. The van der Waals surface area contributed by atoms with Crippen LogP contribution in [0.25, 0.3) is 0 Å². The largest absolute Gasteiger partial charge is 0.478 e. The number of aromatic carboxylic acids is 1. The van der Waals surface area contributed by atoms with Crippen molar-refractivity contribution in [1.29, 1.82) is 0 Å². The van der Waals surface area contributed by atoms with Crippen molar-refractivity contribution in [3.8, 4) is 11.5 Å². The van der Waals surface area contributed by atoms with Crippen molar-refractivity contribution in [2.24, 2.45) is 23.5 Å². The first kappa shape index (κ1) is 51.0. The molecule has 8 N–H and O–H groups in total. The van der Waals surface area contributed by atoms with Crippen molar-refractivity contribution >= 4 is 53.1 Å². The molecule has 372 valence electrons. The highest BCUT2D eigenvalue weighted by Crippen LogP contribution is 2.60. The summed E-state index contributed by atoms with van der Waals surface area (Å²) in [6.45, 7) is 2.82. The fraction of sp³-hybridized carbons (Fsp3) is 0.377. The maximum Gasteiger partial charge on any atom is 0.336 e. The molecule has 7 atom stereocenters. The Labute approximate surface area is 410 Å². The first-order valence-electron chi connectivity index (χ1n) is 24.0. The number of piperidine rings is 1. The summed E-state index contributed by atoms with van der Waals surface area (Å²) in [6.07, 6.45) is 4.13. The van der Waals surface area contributed by atoms with E-state index in [0.717, 1.165) is 19.3 Å². The maximum atomic E-state index is 15.3. The number of hydrogen-bond acceptors (Lipinski definition) is 10. The van der Waals surface area contributed by atoms with Gasteiger partial charge in [0.15, 0.2) is 0 Å². The highest BCUT2D eigenvalue weighted by molar-refractivity contribution is 6.38. The number of carboxylic acid groups (broad SMARTS) is 1. The standard InChI is InChI=1S/C53H59N7O11/c1-3-15-41(45(62)49(66)55-29-42(61)58-43(46(54)63)32-16-7-4-8-17-32)57-52(70)53-28-40(53)39(31(2)56-47(64)34-24-26-36(27-25-34)71-35-20-11-6-12-21-35)30-60(53)50(67)44(33-18-9-5-10-19-33)59-48(65)37-22-13-14-23-38(37)51(68)69/h4,6-8,11-14,16-17,20-27,31,33,39-41,43-44H,3,5,9-10,15,18-19,28-30H2,1-2H3,(H2,54,63)(H,55,66)(H,56,64)(H,57,70)(H,58,61)(H,59,65)(H,68,69)/t31-,39?,40?,41?,43?,44?,53+/m0/s1. The molecule has 18 nitrogen and oxygen atoms in total. The fourth-order valence-electron chi connectivity index (χ4n) is 9.99. The Morgan fingerprint density at radius 3 is 2.00 bits per heavy atom. The summed E-state index contributed by atoms with van der Waals surface area (Å²) in [5.74, 6) is -7.89. The minimum atomic E-state index is -1.56. The number of carbonyl (C=O) groups excluding carboxylic acids is 8. The van der Waals surface area contributed by atoms with Crippen LogP contribution in [0, 0.1) is 17.8 Å². The Morgan fingerprint density at radius 2 is 1.37 bits per heavy atom. The Kier molecular flexibility index (Phi) is 16.3. The lowest BCUT2D eigenvalue weighted by molar-refractivity contribution is -0.145. The molecule has 7 amide bonds. The minimum Gasteiger partial charge on any atom is -0.478 e. The second-order valence-corrected chi connectivity index (χ2v) is 18.4. The van der Waals surface area contributed by atoms with E-state index in [2.05, 4.69) is 26.6 Å². The number of likely N-dealkylation sites (tertiary alicyclic amines) is 1. The van der Waals surface area contributed by atoms with Gasteiger partial charge in [0.05, 0.1) is 23.7 Å². The van der Waals surface area contributed by atoms with E-state index in [-0.39, 0.29) is 36.4 Å². The third-order valence-electron chi connectivity index (χ3n) is 13.8. The molecule has 3 fully saturated rings. The summed E-state index contributed by atoms with van der Waals surface area (Å²) in [6, 6.07) is 25.3. The van der Waals surface area contributed by atoms with E-state index < -0.39 is 101 Å². The number of fused-ring (bicyclic) bond motifs is 1. The van der Waals surface area contributed by atoms with E-state index in [4.69, 9.17) is 10.5 Å². The number of carbonyl (C=O) groups is 9. The Hall–Kier alpha value is -7.89. The number of nitrogens with zero attached hydrogens (tertiary/aromatic N) is 1. The van der Waals surface area contributed by atoms with E-state index in [1.807, 2.05) is 18.2 Å². The molecule has 0 bridgehead atoms. The molecule has 5 unspecified atom stereocenters. The van der Waals surface area contributed by atoms with E-state index in [0.29, 0.717) is 41.9 Å². The van der Waals surface area contributed by atoms with Crippen LogP contribution in [0.2, 0.25) is 0 Å². The number of ether oxygens (including phenoxy) is 1. The number of nitrogens with two attached hydrogens (primary N) is 1. The zero-order chi connectivity index (χ0) is 50.8. The molecule has 4 aromatic rings. The average molecular weight is 970 g/mol. The lowest BCUT2D eigenvalue weighted by Crippen LogP contribution is -2.60. The van der Waals surface area contributed by atoms with Gasteiger partial charge in [-0.05, 0) is 92.6 Å². The van der Waals surface area contributed by atoms with Crippen LogP contribution in [0.4, 0.5) is 0 Å². The predicted molar refractivity (Wildman–Crippen MR) is 259 cm³/mol. The molecular formula is C53H59N7O11. The molecule has 4 aromatic carbocycles. The number of ketones is 1. The van der Waals surface area contributed by atoms with Crippen LogP contribution in [0.15, 0.2) is 109 Å². The SMILES string of the molecule is CCCC(NC(=O)[C@@]12CC1C([C@H](C)NC(=O)c1ccc(Oc3ccccc3)cc1)CN2C(=O)C(NC(=O)c1ccccc1C(=O)O)C1CCCCC1)C(=O)C(=O)NCC(=O)NC(C(N)=O)c1ccccc1. The van der Waals surface area contributed by atoms with Gasteiger partial charge in [-0.1, -0.05) is 93.3 Å². The van der Waals surface area contributed by atoms with Crippen LogP contribution >= 0.6 is 0 Å². The van der Waals surface area contributed by atoms with E-state index in [1.165, 1.54) is 29.2 Å². The van der Waals surface area contributed by atoms with Gasteiger partial charge < -0.3 is 47.1 Å². The molecule has 1 aliphatic heterocycles. The van der Waals surface area contributed by atoms with Gasteiger partial charge in [-0.25, -0.2) is 4.79 Å². The summed E-state index contributed by atoms with van der Waals surface area (Å²) in [7, 11) is 0. The Balaban J connectivity index is 1.12. The molecule has 1 saturated heterocycles. The quantitative estimate of drug-likeness (QED) is 0.0582. The smallest absolute Gasteiger partial charge is 0.336 e. The molecule has 0 aromatic heterocycles. The van der Waals surface area contributed by atoms with Crippen LogP contribution in [0.1, 0.15) is 108 Å². The van der Waals surface area contributed by atoms with Crippen LogP contribution in [0.5, 0.6) is 11.5 Å². The summed E-state index contributed by atoms with van der Waals surface area (Å²) in [5, 5.41) is 23.3. The molecule has 3 aliphatic rings. The monoisotopic (exact) mass is 969 g/mol. The highest BCUT2D eigenvalue weighted by Gasteiger charge is 2.73. The zero-order valence-corrected chi connectivity index (χ0v) is 39.6. The number of amides is 7. The van der Waals surface area contributed by atoms with E-state index in [9.17, 15) is 43.5 Å². The predicted octanol–water partition coefficient (Wildman–Crippen LogP) is 4.20. The van der Waals surface area contributed by atoms with Crippen molar-refractivity contribution in [3.05, 3.63) is 131 Å². The van der Waals surface area contributed by atoms with Gasteiger partial charge in [-0.2, -0.15) is 0 Å². The summed E-state index contributed by atoms with van der Waals surface area (Å²) in [4.78, 5) is 124. The van der Waals surface area contributed by atoms with Crippen molar-refractivity contribution in [1.82, 2.24) is 31.5 Å².